The highest BCUT2D eigenvalue weighted by Crippen LogP contribution is 2.22. The fourth-order valence-corrected chi connectivity index (χ4v) is 1.69. The maximum atomic E-state index is 11.9. The summed E-state index contributed by atoms with van der Waals surface area (Å²) in [5.74, 6) is -0.705. The Morgan fingerprint density at radius 1 is 1.32 bits per heavy atom. The van der Waals surface area contributed by atoms with Gasteiger partial charge >= 0.3 is 17.5 Å². The van der Waals surface area contributed by atoms with E-state index in [0.717, 1.165) is 5.56 Å². The number of aromatic nitrogens is 2. The lowest BCUT2D eigenvalue weighted by atomic mass is 9.87. The minimum absolute atomic E-state index is 0.00595. The van der Waals surface area contributed by atoms with Crippen molar-refractivity contribution in [3.05, 3.63) is 41.1 Å². The molecule has 0 aliphatic carbocycles. The van der Waals surface area contributed by atoms with Crippen LogP contribution in [0, 0.1) is 0 Å². The van der Waals surface area contributed by atoms with Crippen molar-refractivity contribution in [1.29, 1.82) is 0 Å². The zero-order valence-electron chi connectivity index (χ0n) is 12.6. The van der Waals surface area contributed by atoms with Gasteiger partial charge in [0.2, 0.25) is 5.84 Å². The number of aromatic amines is 1. The van der Waals surface area contributed by atoms with E-state index >= 15 is 0 Å². The summed E-state index contributed by atoms with van der Waals surface area (Å²) in [7, 11) is 0. The Labute approximate surface area is 127 Å². The number of nitrogen functional groups attached to an aromatic ring is 1. The van der Waals surface area contributed by atoms with Crippen LogP contribution in [0.2, 0.25) is 0 Å². The van der Waals surface area contributed by atoms with Crippen LogP contribution in [0.1, 0.15) is 42.4 Å². The lowest BCUT2D eigenvalue weighted by molar-refractivity contribution is -0.610. The molecule has 8 nitrogen and oxygen atoms in total. The van der Waals surface area contributed by atoms with E-state index in [4.69, 9.17) is 16.3 Å². The summed E-state index contributed by atoms with van der Waals surface area (Å²) in [6.45, 7) is 6.26. The Morgan fingerprint density at radius 3 is 2.45 bits per heavy atom. The number of anilines is 1. The molecular formula is C14H18N5O3+. The number of nitrogens with one attached hydrogen (secondary N) is 1. The number of H-pyrrole nitrogens is 1. The van der Waals surface area contributed by atoms with Gasteiger partial charge in [-0.3, -0.25) is 0 Å². The molecule has 2 rings (SSSR count). The molecule has 0 saturated carbocycles. The Kier molecular flexibility index (Phi) is 4.11. The van der Waals surface area contributed by atoms with Crippen molar-refractivity contribution in [1.82, 2.24) is 5.16 Å². The van der Waals surface area contributed by atoms with Gasteiger partial charge in [-0.05, 0) is 23.1 Å². The van der Waals surface area contributed by atoms with Crippen molar-refractivity contribution in [3.8, 4) is 0 Å². The molecule has 0 aliphatic heterocycles. The van der Waals surface area contributed by atoms with Crippen LogP contribution in [0.4, 0.5) is 5.82 Å². The fraction of sp³-hybridized carbons (Fsp3) is 0.286. The zero-order chi connectivity index (χ0) is 16.3. The molecule has 5 N–H and O–H groups in total. The van der Waals surface area contributed by atoms with Crippen LogP contribution >= 0.6 is 0 Å². The van der Waals surface area contributed by atoms with Gasteiger partial charge in [0, 0.05) is 0 Å². The fourth-order valence-electron chi connectivity index (χ4n) is 1.69. The molecule has 0 spiro atoms. The first-order valence-electron chi connectivity index (χ1n) is 6.57. The van der Waals surface area contributed by atoms with Crippen molar-refractivity contribution < 1.29 is 19.4 Å². The molecule has 0 aliphatic rings. The first-order valence-corrected chi connectivity index (χ1v) is 6.57. The molecule has 0 saturated heterocycles. The van der Waals surface area contributed by atoms with Crippen LogP contribution in [-0.4, -0.2) is 17.0 Å². The molecule has 1 heterocycles. The largest absolute Gasteiger partial charge is 0.378 e. The predicted molar refractivity (Wildman–Crippen MR) is 78.8 cm³/mol. The van der Waals surface area contributed by atoms with Crippen LogP contribution in [0.3, 0.4) is 0 Å². The van der Waals surface area contributed by atoms with Gasteiger partial charge in [-0.1, -0.05) is 43.2 Å². The molecule has 1 aromatic carbocycles. The normalized spacial score (nSPS) is 12.2. The van der Waals surface area contributed by atoms with Crippen LogP contribution in [0.25, 0.3) is 0 Å². The quantitative estimate of drug-likeness (QED) is 0.374. The Morgan fingerprint density at radius 2 is 1.95 bits per heavy atom. The van der Waals surface area contributed by atoms with E-state index in [2.05, 4.69) is 40.9 Å². The molecule has 22 heavy (non-hydrogen) atoms. The smallest absolute Gasteiger partial charge is 0.365 e. The van der Waals surface area contributed by atoms with Gasteiger partial charge in [0.15, 0.2) is 0 Å². The number of carbonyl (C=O) groups is 1. The third-order valence-electron chi connectivity index (χ3n) is 3.00. The second kappa shape index (κ2) is 5.84. The first kappa shape index (κ1) is 15.5. The molecule has 0 radical (unpaired) electrons. The monoisotopic (exact) mass is 304 g/mol. The molecule has 8 heteroatoms. The number of benzene rings is 1. The highest BCUT2D eigenvalue weighted by Gasteiger charge is 2.19. The molecule has 0 unspecified atom stereocenters. The predicted octanol–water partition coefficient (Wildman–Crippen LogP) is 0.846. The number of amidine groups is 1. The van der Waals surface area contributed by atoms with Crippen LogP contribution in [0.15, 0.2) is 34.1 Å². The molecular weight excluding hydrogens is 286 g/mol. The molecule has 1 aromatic heterocycles. The summed E-state index contributed by atoms with van der Waals surface area (Å²) in [4.78, 5) is 16.7. The van der Waals surface area contributed by atoms with Gasteiger partial charge in [0.1, 0.15) is 0 Å². The highest BCUT2D eigenvalue weighted by atomic mass is 16.7. The number of carbonyl (C=O) groups excluding carboxylic acids is 1. The van der Waals surface area contributed by atoms with Crippen molar-refractivity contribution in [2.75, 3.05) is 5.73 Å². The number of rotatable bonds is 3. The average Bonchev–Trinajstić information content (AvgIpc) is 2.90. The van der Waals surface area contributed by atoms with E-state index < -0.39 is 5.97 Å². The minimum Gasteiger partial charge on any atom is -0.378 e. The van der Waals surface area contributed by atoms with E-state index in [1.807, 2.05) is 12.1 Å². The Hall–Kier alpha value is -2.90. The van der Waals surface area contributed by atoms with Crippen molar-refractivity contribution in [3.63, 3.8) is 0 Å². The van der Waals surface area contributed by atoms with Gasteiger partial charge in [-0.15, -0.1) is 4.63 Å². The number of hydrogen-bond donors (Lipinski definition) is 2. The van der Waals surface area contributed by atoms with E-state index in [9.17, 15) is 4.79 Å². The first-order chi connectivity index (χ1) is 10.3. The average molecular weight is 304 g/mol. The van der Waals surface area contributed by atoms with Crippen molar-refractivity contribution in [2.45, 2.75) is 26.2 Å². The van der Waals surface area contributed by atoms with E-state index in [0.29, 0.717) is 5.56 Å². The molecule has 0 fully saturated rings. The van der Waals surface area contributed by atoms with Crippen molar-refractivity contribution >= 4 is 17.6 Å². The molecule has 0 bridgehead atoms. The Bertz CT molecular complexity index is 698. The summed E-state index contributed by atoms with van der Waals surface area (Å²) in [5, 5.41) is 9.28. The molecule has 0 amide bonds. The maximum absolute atomic E-state index is 11.9. The summed E-state index contributed by atoms with van der Waals surface area (Å²) in [6, 6.07) is 7.09. The summed E-state index contributed by atoms with van der Waals surface area (Å²) >= 11 is 0. The van der Waals surface area contributed by atoms with Crippen LogP contribution in [-0.2, 0) is 10.3 Å². The molecule has 0 atom stereocenters. The number of hydrogen-bond acceptors (Lipinski definition) is 6. The highest BCUT2D eigenvalue weighted by molar-refractivity contribution is 5.99. The second-order valence-corrected chi connectivity index (χ2v) is 5.73. The van der Waals surface area contributed by atoms with Gasteiger partial charge in [-0.25, -0.2) is 4.79 Å². The van der Waals surface area contributed by atoms with E-state index in [1.165, 1.54) is 0 Å². The molecule has 116 valence electrons. The second-order valence-electron chi connectivity index (χ2n) is 5.73. The summed E-state index contributed by atoms with van der Waals surface area (Å²) < 4.78 is 4.50. The topological polar surface area (TPSA) is 131 Å². The van der Waals surface area contributed by atoms with Gasteiger partial charge < -0.3 is 16.3 Å². The van der Waals surface area contributed by atoms with Crippen LogP contribution in [0.5, 0.6) is 0 Å². The number of nitrogens with zero attached hydrogens (tertiary/aromatic N) is 2. The number of oxime groups is 1. The Balaban J connectivity index is 2.08. The third-order valence-corrected chi connectivity index (χ3v) is 3.00. The number of nitrogens with two attached hydrogens (primary N) is 2. The molecule has 2 aromatic rings. The maximum Gasteiger partial charge on any atom is 0.365 e. The SMILES string of the molecule is CC(C)(C)c1ccc(C(=O)ON=C(N)c2no[nH+]c2N)cc1. The van der Waals surface area contributed by atoms with E-state index in [-0.39, 0.29) is 22.8 Å². The summed E-state index contributed by atoms with van der Waals surface area (Å²) in [5.41, 5.74) is 12.7. The lowest BCUT2D eigenvalue weighted by Gasteiger charge is -2.18. The van der Waals surface area contributed by atoms with Gasteiger partial charge in [0.25, 0.3) is 0 Å². The standard InChI is InChI=1S/C14H17N5O3/c1-14(2,3)9-6-4-8(5-7-9)13(20)21-18-11(15)10-12(16)19-22-17-10/h4-7H,1-3H3,(H2,15,18)(H2,16,19)/p+1. The van der Waals surface area contributed by atoms with Crippen molar-refractivity contribution in [2.24, 2.45) is 10.9 Å². The third kappa shape index (κ3) is 3.40. The lowest BCUT2D eigenvalue weighted by Crippen LogP contribution is -2.19. The van der Waals surface area contributed by atoms with Gasteiger partial charge in [-0.2, -0.15) is 0 Å². The minimum atomic E-state index is -0.630. The van der Waals surface area contributed by atoms with Crippen LogP contribution < -0.4 is 16.6 Å². The zero-order valence-corrected chi connectivity index (χ0v) is 12.6. The van der Waals surface area contributed by atoms with Gasteiger partial charge in [0.05, 0.1) is 10.7 Å². The van der Waals surface area contributed by atoms with E-state index in [1.54, 1.807) is 12.1 Å². The summed E-state index contributed by atoms with van der Waals surface area (Å²) in [6.07, 6.45) is 0.